The van der Waals surface area contributed by atoms with Gasteiger partial charge in [0.2, 0.25) is 0 Å². The zero-order chi connectivity index (χ0) is 16.7. The lowest BCUT2D eigenvalue weighted by Crippen LogP contribution is -2.17. The van der Waals surface area contributed by atoms with Crippen molar-refractivity contribution in [1.29, 1.82) is 0 Å². The van der Waals surface area contributed by atoms with Crippen molar-refractivity contribution in [3.63, 3.8) is 0 Å². The van der Waals surface area contributed by atoms with Crippen LogP contribution in [0.3, 0.4) is 0 Å². The van der Waals surface area contributed by atoms with Gasteiger partial charge in [0.25, 0.3) is 0 Å². The minimum Gasteiger partial charge on any atom is -0.493 e. The first-order valence-corrected chi connectivity index (χ1v) is 7.94. The van der Waals surface area contributed by atoms with E-state index in [9.17, 15) is 4.79 Å². The Morgan fingerprint density at radius 1 is 1.41 bits per heavy atom. The molecular formula is C16H21IO5. The van der Waals surface area contributed by atoms with E-state index < -0.39 is 5.97 Å². The molecule has 0 aliphatic rings. The summed E-state index contributed by atoms with van der Waals surface area (Å²) in [6.45, 7) is 9.60. The molecule has 122 valence electrons. The van der Waals surface area contributed by atoms with Gasteiger partial charge in [0.15, 0.2) is 17.8 Å². The zero-order valence-electron chi connectivity index (χ0n) is 13.3. The van der Waals surface area contributed by atoms with E-state index in [0.717, 1.165) is 9.13 Å². The minimum atomic E-state index is -0.417. The molecule has 6 heteroatoms. The molecule has 0 amide bonds. The topological polar surface area (TPSA) is 54.0 Å². The Kier molecular flexibility index (Phi) is 7.67. The van der Waals surface area contributed by atoms with Crippen molar-refractivity contribution in [3.8, 4) is 11.5 Å². The molecule has 0 aromatic heterocycles. The SMILES string of the molecule is C=C(C)C(=O)OCc1cc(I)c(OC(C)OCC)c(OC)c1. The predicted molar refractivity (Wildman–Crippen MR) is 92.0 cm³/mol. The van der Waals surface area contributed by atoms with E-state index in [0.29, 0.717) is 23.7 Å². The van der Waals surface area contributed by atoms with Gasteiger partial charge in [-0.2, -0.15) is 0 Å². The van der Waals surface area contributed by atoms with Gasteiger partial charge < -0.3 is 18.9 Å². The Labute approximate surface area is 144 Å². The molecule has 0 radical (unpaired) electrons. The Balaban J connectivity index is 2.90. The van der Waals surface area contributed by atoms with Crippen LogP contribution in [0.5, 0.6) is 11.5 Å². The van der Waals surface area contributed by atoms with Crippen molar-refractivity contribution < 1.29 is 23.7 Å². The lowest BCUT2D eigenvalue weighted by atomic mass is 10.2. The van der Waals surface area contributed by atoms with Crippen molar-refractivity contribution in [2.24, 2.45) is 0 Å². The second-order valence-electron chi connectivity index (χ2n) is 4.61. The van der Waals surface area contributed by atoms with E-state index in [1.807, 2.05) is 19.9 Å². The van der Waals surface area contributed by atoms with E-state index in [-0.39, 0.29) is 12.9 Å². The van der Waals surface area contributed by atoms with Crippen molar-refractivity contribution in [3.05, 3.63) is 33.4 Å². The number of rotatable bonds is 8. The van der Waals surface area contributed by atoms with Crippen LogP contribution in [0.25, 0.3) is 0 Å². The average molecular weight is 420 g/mol. The molecule has 0 saturated heterocycles. The van der Waals surface area contributed by atoms with E-state index in [1.54, 1.807) is 20.1 Å². The van der Waals surface area contributed by atoms with Crippen LogP contribution in [0.15, 0.2) is 24.3 Å². The Hall–Kier alpha value is -1.28. The minimum absolute atomic E-state index is 0.152. The monoisotopic (exact) mass is 420 g/mol. The highest BCUT2D eigenvalue weighted by atomic mass is 127. The summed E-state index contributed by atoms with van der Waals surface area (Å²) in [5.41, 5.74) is 1.18. The number of methoxy groups -OCH3 is 1. The van der Waals surface area contributed by atoms with Gasteiger partial charge >= 0.3 is 5.97 Å². The van der Waals surface area contributed by atoms with Gasteiger partial charge in [-0.1, -0.05) is 6.58 Å². The third-order valence-electron chi connectivity index (χ3n) is 2.69. The summed E-state index contributed by atoms with van der Waals surface area (Å²) in [4.78, 5) is 11.4. The van der Waals surface area contributed by atoms with Crippen LogP contribution in [0.2, 0.25) is 0 Å². The quantitative estimate of drug-likeness (QED) is 0.278. The molecule has 1 aromatic carbocycles. The molecule has 0 bridgehead atoms. The largest absolute Gasteiger partial charge is 0.493 e. The molecule has 1 unspecified atom stereocenters. The normalized spacial score (nSPS) is 11.7. The van der Waals surface area contributed by atoms with E-state index in [2.05, 4.69) is 29.2 Å². The Bertz CT molecular complexity index is 542. The summed E-state index contributed by atoms with van der Waals surface area (Å²) in [7, 11) is 1.56. The molecule has 22 heavy (non-hydrogen) atoms. The maximum Gasteiger partial charge on any atom is 0.333 e. The second-order valence-corrected chi connectivity index (χ2v) is 5.77. The maximum absolute atomic E-state index is 11.4. The number of carbonyl (C=O) groups excluding carboxylic acids is 1. The molecule has 1 atom stereocenters. The highest BCUT2D eigenvalue weighted by Crippen LogP contribution is 2.35. The molecule has 0 spiro atoms. The van der Waals surface area contributed by atoms with Crippen molar-refractivity contribution >= 4 is 28.6 Å². The first-order chi connectivity index (χ1) is 10.4. The number of hydrogen-bond acceptors (Lipinski definition) is 5. The molecule has 5 nitrogen and oxygen atoms in total. The fourth-order valence-corrected chi connectivity index (χ4v) is 2.47. The summed E-state index contributed by atoms with van der Waals surface area (Å²) >= 11 is 2.15. The first kappa shape index (κ1) is 18.8. The van der Waals surface area contributed by atoms with E-state index >= 15 is 0 Å². The molecule has 1 aromatic rings. The molecule has 0 fully saturated rings. The maximum atomic E-state index is 11.4. The summed E-state index contributed by atoms with van der Waals surface area (Å²) in [5, 5.41) is 0. The molecule has 0 aliphatic carbocycles. The van der Waals surface area contributed by atoms with Gasteiger partial charge in [-0.15, -0.1) is 0 Å². The first-order valence-electron chi connectivity index (χ1n) is 6.86. The molecule has 0 N–H and O–H groups in total. The lowest BCUT2D eigenvalue weighted by molar-refractivity contribution is -0.140. The number of benzene rings is 1. The average Bonchev–Trinajstić information content (AvgIpc) is 2.47. The Morgan fingerprint density at radius 2 is 2.09 bits per heavy atom. The van der Waals surface area contributed by atoms with Gasteiger partial charge in [0.05, 0.1) is 10.7 Å². The van der Waals surface area contributed by atoms with Crippen LogP contribution in [0.4, 0.5) is 0 Å². The standard InChI is InChI=1S/C16H21IO5/c1-6-20-11(4)22-15-13(17)7-12(8-14(15)19-5)9-21-16(18)10(2)3/h7-8,11H,2,6,9H2,1,3-5H3. The van der Waals surface area contributed by atoms with Crippen LogP contribution in [-0.2, 0) is 20.9 Å². The van der Waals surface area contributed by atoms with Crippen LogP contribution in [-0.4, -0.2) is 26.0 Å². The highest BCUT2D eigenvalue weighted by Gasteiger charge is 2.15. The van der Waals surface area contributed by atoms with Gasteiger partial charge in [-0.05, 0) is 61.1 Å². The van der Waals surface area contributed by atoms with Gasteiger partial charge in [0, 0.05) is 12.2 Å². The van der Waals surface area contributed by atoms with E-state index in [4.69, 9.17) is 18.9 Å². The molecule has 0 heterocycles. The second kappa shape index (κ2) is 8.99. The van der Waals surface area contributed by atoms with Crippen LogP contribution in [0, 0.1) is 3.57 Å². The van der Waals surface area contributed by atoms with E-state index in [1.165, 1.54) is 0 Å². The third-order valence-corrected chi connectivity index (χ3v) is 3.49. The number of esters is 1. The number of ether oxygens (including phenoxy) is 4. The zero-order valence-corrected chi connectivity index (χ0v) is 15.4. The smallest absolute Gasteiger partial charge is 0.333 e. The Morgan fingerprint density at radius 3 is 2.64 bits per heavy atom. The number of halogens is 1. The summed E-state index contributed by atoms with van der Waals surface area (Å²) in [6.07, 6.45) is -0.375. The molecule has 1 rings (SSSR count). The van der Waals surface area contributed by atoms with Crippen molar-refractivity contribution in [2.45, 2.75) is 33.7 Å². The number of hydrogen-bond donors (Lipinski definition) is 0. The van der Waals surface area contributed by atoms with Crippen molar-refractivity contribution in [2.75, 3.05) is 13.7 Å². The predicted octanol–water partition coefficient (Wildman–Crippen LogP) is 3.68. The van der Waals surface area contributed by atoms with Crippen LogP contribution < -0.4 is 9.47 Å². The van der Waals surface area contributed by atoms with Crippen LogP contribution >= 0.6 is 22.6 Å². The molecule has 0 saturated carbocycles. The highest BCUT2D eigenvalue weighted by molar-refractivity contribution is 14.1. The van der Waals surface area contributed by atoms with Crippen LogP contribution in [0.1, 0.15) is 26.3 Å². The summed E-state index contributed by atoms with van der Waals surface area (Å²) in [6, 6.07) is 3.66. The fraction of sp³-hybridized carbons (Fsp3) is 0.438. The van der Waals surface area contributed by atoms with Gasteiger partial charge in [0.1, 0.15) is 6.61 Å². The molecular weight excluding hydrogens is 399 g/mol. The fourth-order valence-electron chi connectivity index (χ4n) is 1.68. The molecule has 0 aliphatic heterocycles. The van der Waals surface area contributed by atoms with Gasteiger partial charge in [-0.25, -0.2) is 4.79 Å². The third kappa shape index (κ3) is 5.49. The summed E-state index contributed by atoms with van der Waals surface area (Å²) < 4.78 is 22.5. The summed E-state index contributed by atoms with van der Waals surface area (Å²) in [5.74, 6) is 0.762. The van der Waals surface area contributed by atoms with Gasteiger partial charge in [-0.3, -0.25) is 0 Å². The van der Waals surface area contributed by atoms with Crippen molar-refractivity contribution in [1.82, 2.24) is 0 Å². The lowest BCUT2D eigenvalue weighted by Gasteiger charge is -2.18. The number of carbonyl (C=O) groups is 1.